The van der Waals surface area contributed by atoms with Gasteiger partial charge in [-0.15, -0.1) is 0 Å². The van der Waals surface area contributed by atoms with Gasteiger partial charge in [-0.1, -0.05) is 44.1 Å². The molecule has 0 nitrogen and oxygen atoms in total. The molecule has 0 saturated heterocycles. The van der Waals surface area contributed by atoms with Gasteiger partial charge in [-0.25, -0.2) is 0 Å². The molecule has 1 aliphatic rings. The molecule has 0 aromatic heterocycles. The van der Waals surface area contributed by atoms with Crippen LogP contribution in [0.4, 0.5) is 0 Å². The molecule has 1 saturated carbocycles. The summed E-state index contributed by atoms with van der Waals surface area (Å²) < 4.78 is 0. The van der Waals surface area contributed by atoms with Gasteiger partial charge in [-0.2, -0.15) is 0 Å². The van der Waals surface area contributed by atoms with E-state index in [1.165, 1.54) is 43.3 Å². The molecule has 0 amide bonds. The van der Waals surface area contributed by atoms with Crippen molar-refractivity contribution in [3.63, 3.8) is 0 Å². The van der Waals surface area contributed by atoms with Gasteiger partial charge in [-0.3, -0.25) is 0 Å². The molecule has 1 aliphatic carbocycles. The van der Waals surface area contributed by atoms with E-state index in [2.05, 4.69) is 20.1 Å². The molecule has 0 radical (unpaired) electrons. The fourth-order valence-electron chi connectivity index (χ4n) is 1.77. The number of hydrogen-bond acceptors (Lipinski definition) is 0. The van der Waals surface area contributed by atoms with Crippen LogP contribution >= 0.6 is 0 Å². The Morgan fingerprint density at radius 2 is 1.82 bits per heavy atom. The van der Waals surface area contributed by atoms with E-state index in [4.69, 9.17) is 0 Å². The van der Waals surface area contributed by atoms with Crippen molar-refractivity contribution >= 4 is 0 Å². The van der Waals surface area contributed by atoms with Gasteiger partial charge in [-0.05, 0) is 19.3 Å². The van der Waals surface area contributed by atoms with Gasteiger partial charge < -0.3 is 0 Å². The van der Waals surface area contributed by atoms with Crippen LogP contribution in [-0.2, 0) is 0 Å². The van der Waals surface area contributed by atoms with Crippen LogP contribution in [0.25, 0.3) is 0 Å². The minimum Gasteiger partial charge on any atom is -0.0992 e. The normalized spacial score (nSPS) is 19.7. The van der Waals surface area contributed by atoms with Crippen LogP contribution in [0.3, 0.4) is 0 Å². The second kappa shape index (κ2) is 3.75. The first-order chi connectivity index (χ1) is 5.25. The summed E-state index contributed by atoms with van der Waals surface area (Å²) in [5.74, 6) is 0.662. The molecule has 0 aromatic carbocycles. The Kier molecular flexibility index (Phi) is 2.92. The van der Waals surface area contributed by atoms with Crippen molar-refractivity contribution in [1.29, 1.82) is 0 Å². The zero-order valence-electron chi connectivity index (χ0n) is 7.53. The molecular weight excluding hydrogens is 132 g/mol. The van der Waals surface area contributed by atoms with Gasteiger partial charge in [0, 0.05) is 5.92 Å². The van der Waals surface area contributed by atoms with Gasteiger partial charge in [0.25, 0.3) is 0 Å². The first-order valence-corrected chi connectivity index (χ1v) is 4.61. The first-order valence-electron chi connectivity index (χ1n) is 4.61. The molecule has 0 N–H and O–H groups in total. The van der Waals surface area contributed by atoms with Crippen molar-refractivity contribution < 1.29 is 0 Å². The number of rotatable bonds is 3. The third-order valence-corrected chi connectivity index (χ3v) is 2.60. The first kappa shape index (κ1) is 8.58. The van der Waals surface area contributed by atoms with Crippen LogP contribution < -0.4 is 0 Å². The molecule has 0 heterocycles. The quantitative estimate of drug-likeness (QED) is 0.538. The lowest BCUT2D eigenvalue weighted by Crippen LogP contribution is -1.97. The third kappa shape index (κ3) is 1.95. The minimum atomic E-state index is 0.662. The molecular formula is C11H18. The van der Waals surface area contributed by atoms with Crippen LogP contribution in [0, 0.1) is 5.92 Å². The van der Waals surface area contributed by atoms with E-state index in [1.54, 1.807) is 0 Å². The highest BCUT2D eigenvalue weighted by Gasteiger charge is 2.21. The second-order valence-corrected chi connectivity index (χ2v) is 3.51. The maximum Gasteiger partial charge on any atom is 0.000177 e. The van der Waals surface area contributed by atoms with Crippen LogP contribution in [0.5, 0.6) is 0 Å². The zero-order valence-corrected chi connectivity index (χ0v) is 7.53. The Labute approximate surface area is 70.0 Å². The lowest BCUT2D eigenvalue weighted by Gasteiger charge is -2.10. The SMILES string of the molecule is C=C1CCC(=C)C1CCCC. The van der Waals surface area contributed by atoms with Crippen LogP contribution in [0.1, 0.15) is 39.0 Å². The van der Waals surface area contributed by atoms with E-state index in [0.717, 1.165) is 0 Å². The number of hydrogen-bond donors (Lipinski definition) is 0. The summed E-state index contributed by atoms with van der Waals surface area (Å²) in [7, 11) is 0. The average molecular weight is 150 g/mol. The standard InChI is InChI=1S/C11H18/c1-4-5-6-11-9(2)7-8-10(11)3/h11H,2-8H2,1H3. The smallest absolute Gasteiger partial charge is 0.000177 e. The van der Waals surface area contributed by atoms with Gasteiger partial charge in [0.2, 0.25) is 0 Å². The van der Waals surface area contributed by atoms with Crippen LogP contribution in [0.15, 0.2) is 24.3 Å². The summed E-state index contributed by atoms with van der Waals surface area (Å²) in [4.78, 5) is 0. The van der Waals surface area contributed by atoms with E-state index in [0.29, 0.717) is 5.92 Å². The van der Waals surface area contributed by atoms with E-state index in [1.807, 2.05) is 0 Å². The van der Waals surface area contributed by atoms with E-state index >= 15 is 0 Å². The predicted octanol–water partition coefficient (Wildman–Crippen LogP) is 3.70. The molecule has 0 spiro atoms. The van der Waals surface area contributed by atoms with E-state index in [-0.39, 0.29) is 0 Å². The van der Waals surface area contributed by atoms with Crippen molar-refractivity contribution in [1.82, 2.24) is 0 Å². The maximum absolute atomic E-state index is 4.08. The molecule has 1 rings (SSSR count). The van der Waals surface area contributed by atoms with Crippen molar-refractivity contribution in [2.45, 2.75) is 39.0 Å². The minimum absolute atomic E-state index is 0.662. The van der Waals surface area contributed by atoms with Crippen molar-refractivity contribution in [2.24, 2.45) is 5.92 Å². The molecule has 0 aromatic rings. The summed E-state index contributed by atoms with van der Waals surface area (Å²) in [6.45, 7) is 10.4. The third-order valence-electron chi connectivity index (χ3n) is 2.60. The summed E-state index contributed by atoms with van der Waals surface area (Å²) >= 11 is 0. The summed E-state index contributed by atoms with van der Waals surface area (Å²) in [5.41, 5.74) is 2.84. The Hall–Kier alpha value is -0.520. The Balaban J connectivity index is 2.41. The Morgan fingerprint density at radius 3 is 2.27 bits per heavy atom. The van der Waals surface area contributed by atoms with Crippen molar-refractivity contribution in [3.05, 3.63) is 24.3 Å². The van der Waals surface area contributed by atoms with Gasteiger partial charge in [0.1, 0.15) is 0 Å². The van der Waals surface area contributed by atoms with Gasteiger partial charge >= 0.3 is 0 Å². The lowest BCUT2D eigenvalue weighted by molar-refractivity contribution is 0.615. The van der Waals surface area contributed by atoms with E-state index < -0.39 is 0 Å². The molecule has 0 unspecified atom stereocenters. The highest BCUT2D eigenvalue weighted by Crippen LogP contribution is 2.36. The van der Waals surface area contributed by atoms with Gasteiger partial charge in [0.05, 0.1) is 0 Å². The Morgan fingerprint density at radius 1 is 1.27 bits per heavy atom. The van der Waals surface area contributed by atoms with Gasteiger partial charge in [0.15, 0.2) is 0 Å². The molecule has 0 heteroatoms. The van der Waals surface area contributed by atoms with Crippen molar-refractivity contribution in [3.8, 4) is 0 Å². The lowest BCUT2D eigenvalue weighted by atomic mass is 9.95. The van der Waals surface area contributed by atoms with E-state index in [9.17, 15) is 0 Å². The molecule has 62 valence electrons. The zero-order chi connectivity index (χ0) is 8.27. The fraction of sp³-hybridized carbons (Fsp3) is 0.636. The Bertz CT molecular complexity index is 149. The number of allylic oxidation sites excluding steroid dienone is 2. The maximum atomic E-state index is 4.08. The number of unbranched alkanes of at least 4 members (excludes halogenated alkanes) is 1. The summed E-state index contributed by atoms with van der Waals surface area (Å²) in [6, 6.07) is 0. The van der Waals surface area contributed by atoms with Crippen LogP contribution in [0.2, 0.25) is 0 Å². The van der Waals surface area contributed by atoms with Crippen molar-refractivity contribution in [2.75, 3.05) is 0 Å². The van der Waals surface area contributed by atoms with Crippen LogP contribution in [-0.4, -0.2) is 0 Å². The molecule has 11 heavy (non-hydrogen) atoms. The summed E-state index contributed by atoms with van der Waals surface area (Å²) in [5, 5.41) is 0. The largest absolute Gasteiger partial charge is 0.0992 e. The fourth-order valence-corrected chi connectivity index (χ4v) is 1.77. The molecule has 0 aliphatic heterocycles. The predicted molar refractivity (Wildman–Crippen MR) is 50.5 cm³/mol. The molecule has 0 bridgehead atoms. The summed E-state index contributed by atoms with van der Waals surface area (Å²) in [6.07, 6.45) is 6.27. The molecule has 1 fully saturated rings. The highest BCUT2D eigenvalue weighted by atomic mass is 14.3. The highest BCUT2D eigenvalue weighted by molar-refractivity contribution is 5.23. The average Bonchev–Trinajstić information content (AvgIpc) is 2.29. The topological polar surface area (TPSA) is 0 Å². The molecule has 0 atom stereocenters. The second-order valence-electron chi connectivity index (χ2n) is 3.51. The monoisotopic (exact) mass is 150 g/mol.